The lowest BCUT2D eigenvalue weighted by atomic mass is 10.2. The zero-order valence-corrected chi connectivity index (χ0v) is 9.15. The predicted octanol–water partition coefficient (Wildman–Crippen LogP) is 2.42. The smallest absolute Gasteiger partial charge is 0.243 e. The molecule has 0 saturated carbocycles. The van der Waals surface area contributed by atoms with E-state index < -0.39 is 11.6 Å². The minimum atomic E-state index is -0.689. The van der Waals surface area contributed by atoms with E-state index in [2.05, 4.69) is 10.1 Å². The van der Waals surface area contributed by atoms with Crippen LogP contribution in [0.4, 0.5) is 8.78 Å². The molecule has 4 nitrogen and oxygen atoms in total. The monoisotopic (exact) mass is 239 g/mol. The molecule has 1 aromatic carbocycles. The van der Waals surface area contributed by atoms with Gasteiger partial charge in [-0.15, -0.1) is 0 Å². The molecule has 0 spiro atoms. The van der Waals surface area contributed by atoms with Crippen LogP contribution in [0.1, 0.15) is 25.3 Å². The maximum absolute atomic E-state index is 13.0. The summed E-state index contributed by atoms with van der Waals surface area (Å²) in [6, 6.07) is 2.68. The summed E-state index contributed by atoms with van der Waals surface area (Å²) in [5, 5.41) is 3.64. The minimum Gasteiger partial charge on any atom is -0.337 e. The molecule has 0 saturated heterocycles. The van der Waals surface area contributed by atoms with Crippen molar-refractivity contribution in [2.75, 3.05) is 0 Å². The second-order valence-corrected chi connectivity index (χ2v) is 3.63. The van der Waals surface area contributed by atoms with Crippen LogP contribution in [0.25, 0.3) is 11.4 Å². The maximum Gasteiger partial charge on any atom is 0.243 e. The maximum atomic E-state index is 13.0. The molecule has 0 bridgehead atoms. The molecule has 0 aliphatic carbocycles. The molecule has 1 heterocycles. The first kappa shape index (κ1) is 11.7. The second-order valence-electron chi connectivity index (χ2n) is 3.63. The van der Waals surface area contributed by atoms with Crippen molar-refractivity contribution < 1.29 is 13.3 Å². The Hall–Kier alpha value is -1.82. The van der Waals surface area contributed by atoms with Gasteiger partial charge in [0.1, 0.15) is 11.6 Å². The summed E-state index contributed by atoms with van der Waals surface area (Å²) < 4.78 is 30.9. The molecule has 1 aromatic heterocycles. The first-order chi connectivity index (χ1) is 8.10. The first-order valence-corrected chi connectivity index (χ1v) is 5.15. The summed E-state index contributed by atoms with van der Waals surface area (Å²) in [6.45, 7) is 1.87. The van der Waals surface area contributed by atoms with Crippen molar-refractivity contribution in [2.45, 2.75) is 19.4 Å². The van der Waals surface area contributed by atoms with Crippen molar-refractivity contribution in [3.05, 3.63) is 35.7 Å². The van der Waals surface area contributed by atoms with E-state index >= 15 is 0 Å². The van der Waals surface area contributed by atoms with Crippen molar-refractivity contribution in [2.24, 2.45) is 5.73 Å². The van der Waals surface area contributed by atoms with E-state index in [0.29, 0.717) is 6.42 Å². The average molecular weight is 239 g/mol. The van der Waals surface area contributed by atoms with Crippen molar-refractivity contribution in [1.29, 1.82) is 0 Å². The number of halogens is 2. The van der Waals surface area contributed by atoms with Gasteiger partial charge in [-0.05, 0) is 18.6 Å². The van der Waals surface area contributed by atoms with Crippen LogP contribution in [-0.4, -0.2) is 10.1 Å². The highest BCUT2D eigenvalue weighted by Crippen LogP contribution is 2.20. The zero-order chi connectivity index (χ0) is 12.4. The Morgan fingerprint density at radius 1 is 1.29 bits per heavy atom. The molecule has 90 valence electrons. The number of nitrogens with zero attached hydrogens (tertiary/aromatic N) is 2. The number of benzene rings is 1. The van der Waals surface area contributed by atoms with Crippen LogP contribution in [0.15, 0.2) is 22.7 Å². The van der Waals surface area contributed by atoms with Crippen LogP contribution < -0.4 is 5.73 Å². The molecule has 17 heavy (non-hydrogen) atoms. The lowest BCUT2D eigenvalue weighted by Crippen LogP contribution is -2.08. The molecule has 2 N–H and O–H groups in total. The fraction of sp³-hybridized carbons (Fsp3) is 0.273. The summed E-state index contributed by atoms with van der Waals surface area (Å²) in [6.07, 6.45) is 0.638. The van der Waals surface area contributed by atoms with Crippen LogP contribution in [0.2, 0.25) is 0 Å². The second kappa shape index (κ2) is 4.58. The number of rotatable bonds is 3. The van der Waals surface area contributed by atoms with Gasteiger partial charge in [0.2, 0.25) is 11.7 Å². The number of hydrogen-bond acceptors (Lipinski definition) is 4. The lowest BCUT2D eigenvalue weighted by Gasteiger charge is -1.99. The Kier molecular flexibility index (Phi) is 3.14. The summed E-state index contributed by atoms with van der Waals surface area (Å²) in [5.41, 5.74) is 5.92. The van der Waals surface area contributed by atoms with Gasteiger partial charge in [0.25, 0.3) is 0 Å². The Bertz CT molecular complexity index is 507. The number of nitrogens with two attached hydrogens (primary N) is 1. The quantitative estimate of drug-likeness (QED) is 0.893. The molecule has 0 amide bonds. The molecule has 2 rings (SSSR count). The molecule has 2 aromatic rings. The normalized spacial score (nSPS) is 12.7. The third kappa shape index (κ3) is 2.47. The van der Waals surface area contributed by atoms with Gasteiger partial charge in [0.05, 0.1) is 6.04 Å². The molecular weight excluding hydrogens is 228 g/mol. The Morgan fingerprint density at radius 3 is 2.53 bits per heavy atom. The third-order valence-corrected chi connectivity index (χ3v) is 2.32. The standard InChI is InChI=1S/C11H11F2N3O/c1-2-9(14)11-15-10(16-17-11)6-3-7(12)5-8(13)4-6/h3-5,9H,2,14H2,1H3/t9-/m1/s1. The van der Waals surface area contributed by atoms with E-state index in [1.807, 2.05) is 6.92 Å². The van der Waals surface area contributed by atoms with E-state index in [4.69, 9.17) is 10.3 Å². The molecule has 0 radical (unpaired) electrons. The third-order valence-electron chi connectivity index (χ3n) is 2.32. The fourth-order valence-corrected chi connectivity index (χ4v) is 1.36. The van der Waals surface area contributed by atoms with Crippen molar-refractivity contribution >= 4 is 0 Å². The molecule has 0 fully saturated rings. The largest absolute Gasteiger partial charge is 0.337 e. The Labute approximate surface area is 96.4 Å². The van der Waals surface area contributed by atoms with E-state index in [9.17, 15) is 8.78 Å². The molecule has 6 heteroatoms. The fourth-order valence-electron chi connectivity index (χ4n) is 1.36. The predicted molar refractivity (Wildman–Crippen MR) is 56.9 cm³/mol. The lowest BCUT2D eigenvalue weighted by molar-refractivity contribution is 0.352. The van der Waals surface area contributed by atoms with Gasteiger partial charge in [-0.3, -0.25) is 0 Å². The molecule has 0 aliphatic rings. The Morgan fingerprint density at radius 2 is 1.94 bits per heavy atom. The summed E-state index contributed by atoms with van der Waals surface area (Å²) in [5.74, 6) is -0.994. The van der Waals surface area contributed by atoms with Gasteiger partial charge >= 0.3 is 0 Å². The number of hydrogen-bond donors (Lipinski definition) is 1. The van der Waals surface area contributed by atoms with Crippen LogP contribution >= 0.6 is 0 Å². The van der Waals surface area contributed by atoms with E-state index in [1.54, 1.807) is 0 Å². The van der Waals surface area contributed by atoms with Crippen LogP contribution in [0.5, 0.6) is 0 Å². The van der Waals surface area contributed by atoms with Gasteiger partial charge in [0, 0.05) is 11.6 Å². The first-order valence-electron chi connectivity index (χ1n) is 5.15. The van der Waals surface area contributed by atoms with Gasteiger partial charge in [0.15, 0.2) is 0 Å². The van der Waals surface area contributed by atoms with Crippen LogP contribution in [-0.2, 0) is 0 Å². The molecule has 0 unspecified atom stereocenters. The van der Waals surface area contributed by atoms with E-state index in [-0.39, 0.29) is 23.3 Å². The highest BCUT2D eigenvalue weighted by molar-refractivity contribution is 5.54. The topological polar surface area (TPSA) is 64.9 Å². The van der Waals surface area contributed by atoms with E-state index in [1.165, 1.54) is 0 Å². The number of aromatic nitrogens is 2. The zero-order valence-electron chi connectivity index (χ0n) is 9.15. The van der Waals surface area contributed by atoms with Gasteiger partial charge < -0.3 is 10.3 Å². The van der Waals surface area contributed by atoms with E-state index in [0.717, 1.165) is 18.2 Å². The van der Waals surface area contributed by atoms with Gasteiger partial charge in [-0.1, -0.05) is 12.1 Å². The van der Waals surface area contributed by atoms with Crippen molar-refractivity contribution in [3.8, 4) is 11.4 Å². The Balaban J connectivity index is 2.36. The van der Waals surface area contributed by atoms with Gasteiger partial charge in [-0.25, -0.2) is 8.78 Å². The molecule has 0 aliphatic heterocycles. The highest BCUT2D eigenvalue weighted by atomic mass is 19.1. The van der Waals surface area contributed by atoms with Crippen molar-refractivity contribution in [1.82, 2.24) is 10.1 Å². The van der Waals surface area contributed by atoms with Gasteiger partial charge in [-0.2, -0.15) is 4.98 Å². The average Bonchev–Trinajstić information content (AvgIpc) is 2.76. The summed E-state index contributed by atoms with van der Waals surface area (Å²) in [4.78, 5) is 4.00. The SMILES string of the molecule is CC[C@@H](N)c1nc(-c2cc(F)cc(F)c2)no1. The highest BCUT2D eigenvalue weighted by Gasteiger charge is 2.15. The van der Waals surface area contributed by atoms with Crippen molar-refractivity contribution in [3.63, 3.8) is 0 Å². The molecular formula is C11H11F2N3O. The minimum absolute atomic E-state index is 0.127. The van der Waals surface area contributed by atoms with Crippen LogP contribution in [0, 0.1) is 11.6 Å². The summed E-state index contributed by atoms with van der Waals surface area (Å²) in [7, 11) is 0. The van der Waals surface area contributed by atoms with Crippen LogP contribution in [0.3, 0.4) is 0 Å². The summed E-state index contributed by atoms with van der Waals surface area (Å²) >= 11 is 0. The molecule has 1 atom stereocenters.